The van der Waals surface area contributed by atoms with Gasteiger partial charge in [-0.25, -0.2) is 9.97 Å². The minimum atomic E-state index is -0.151. The van der Waals surface area contributed by atoms with E-state index in [0.29, 0.717) is 26.2 Å². The van der Waals surface area contributed by atoms with E-state index in [1.165, 1.54) is 0 Å². The number of nitrogens with zero attached hydrogens (tertiary/aromatic N) is 4. The molecule has 0 aliphatic carbocycles. The highest BCUT2D eigenvalue weighted by Crippen LogP contribution is 2.20. The molecule has 1 aliphatic heterocycles. The molecule has 0 aromatic carbocycles. The van der Waals surface area contributed by atoms with E-state index in [9.17, 15) is 4.79 Å². The summed E-state index contributed by atoms with van der Waals surface area (Å²) in [5, 5.41) is 0. The summed E-state index contributed by atoms with van der Waals surface area (Å²) >= 11 is 0. The number of hydrogen-bond acceptors (Lipinski definition) is 5. The smallest absolute Gasteiger partial charge is 0.236 e. The summed E-state index contributed by atoms with van der Waals surface area (Å²) in [6, 6.07) is 1.84. The fourth-order valence-electron chi connectivity index (χ4n) is 2.08. The van der Waals surface area contributed by atoms with Gasteiger partial charge in [0.05, 0.1) is 25.4 Å². The van der Waals surface area contributed by atoms with Gasteiger partial charge >= 0.3 is 0 Å². The van der Waals surface area contributed by atoms with E-state index in [1.54, 1.807) is 6.20 Å². The van der Waals surface area contributed by atoms with Gasteiger partial charge in [0.15, 0.2) is 0 Å². The minimum absolute atomic E-state index is 0.129. The fraction of sp³-hybridized carbons (Fsp3) is 0.615. The van der Waals surface area contributed by atoms with Crippen molar-refractivity contribution in [3.8, 4) is 0 Å². The molecule has 0 unspecified atom stereocenters. The maximum atomic E-state index is 12.0. The van der Waals surface area contributed by atoms with Crippen LogP contribution in [0.15, 0.2) is 12.3 Å². The molecule has 104 valence electrons. The Morgan fingerprint density at radius 1 is 1.58 bits per heavy atom. The molecule has 6 heteroatoms. The van der Waals surface area contributed by atoms with Crippen molar-refractivity contribution < 1.29 is 9.53 Å². The summed E-state index contributed by atoms with van der Waals surface area (Å²) < 4.78 is 5.71. The van der Waals surface area contributed by atoms with E-state index in [-0.39, 0.29) is 12.0 Å². The van der Waals surface area contributed by atoms with Crippen LogP contribution in [-0.2, 0) is 9.53 Å². The zero-order chi connectivity index (χ0) is 13.8. The molecule has 19 heavy (non-hydrogen) atoms. The maximum Gasteiger partial charge on any atom is 0.236 e. The number of aryl methyl sites for hydroxylation is 1. The SMILES string of the molecule is Cc1nccc([C@H]2CN(C(=O)CN(C)C)CCO2)n1. The first-order chi connectivity index (χ1) is 9.06. The Balaban J connectivity index is 2.03. The third kappa shape index (κ3) is 3.71. The first-order valence-corrected chi connectivity index (χ1v) is 6.40. The fourth-order valence-corrected chi connectivity index (χ4v) is 2.08. The number of likely N-dealkylation sites (N-methyl/N-ethyl adjacent to an activating group) is 1. The third-order valence-corrected chi connectivity index (χ3v) is 3.00. The summed E-state index contributed by atoms with van der Waals surface area (Å²) in [7, 11) is 3.78. The zero-order valence-corrected chi connectivity index (χ0v) is 11.7. The molecule has 1 saturated heterocycles. The normalized spacial score (nSPS) is 19.8. The second-order valence-electron chi connectivity index (χ2n) is 4.97. The molecule has 6 nitrogen and oxygen atoms in total. The van der Waals surface area contributed by atoms with E-state index in [0.717, 1.165) is 11.5 Å². The molecule has 0 spiro atoms. The van der Waals surface area contributed by atoms with Crippen LogP contribution in [0.25, 0.3) is 0 Å². The van der Waals surface area contributed by atoms with E-state index >= 15 is 0 Å². The maximum absolute atomic E-state index is 12.0. The highest BCUT2D eigenvalue weighted by Gasteiger charge is 2.26. The molecule has 0 radical (unpaired) electrons. The van der Waals surface area contributed by atoms with Crippen molar-refractivity contribution in [1.29, 1.82) is 0 Å². The Kier molecular flexibility index (Phi) is 4.44. The lowest BCUT2D eigenvalue weighted by molar-refractivity contribution is -0.139. The van der Waals surface area contributed by atoms with Crippen molar-refractivity contribution in [2.75, 3.05) is 40.3 Å². The molecule has 1 amide bonds. The highest BCUT2D eigenvalue weighted by atomic mass is 16.5. The number of carbonyl (C=O) groups excluding carboxylic acids is 1. The van der Waals surface area contributed by atoms with Crippen LogP contribution < -0.4 is 0 Å². The summed E-state index contributed by atoms with van der Waals surface area (Å²) in [4.78, 5) is 24.2. The van der Waals surface area contributed by atoms with Crippen molar-refractivity contribution >= 4 is 5.91 Å². The van der Waals surface area contributed by atoms with Crippen LogP contribution in [0.4, 0.5) is 0 Å². The van der Waals surface area contributed by atoms with Crippen molar-refractivity contribution in [2.24, 2.45) is 0 Å². The second-order valence-corrected chi connectivity index (χ2v) is 4.97. The van der Waals surface area contributed by atoms with Crippen LogP contribution in [0, 0.1) is 6.92 Å². The van der Waals surface area contributed by atoms with E-state index in [4.69, 9.17) is 4.74 Å². The summed E-state index contributed by atoms with van der Waals surface area (Å²) in [5.41, 5.74) is 0.842. The molecule has 0 N–H and O–H groups in total. The molecule has 1 fully saturated rings. The van der Waals surface area contributed by atoms with Gasteiger partial charge in [0.2, 0.25) is 5.91 Å². The van der Waals surface area contributed by atoms with E-state index in [2.05, 4.69) is 9.97 Å². The van der Waals surface area contributed by atoms with Crippen molar-refractivity contribution in [2.45, 2.75) is 13.0 Å². The van der Waals surface area contributed by atoms with Crippen LogP contribution in [0.5, 0.6) is 0 Å². The Morgan fingerprint density at radius 3 is 3.05 bits per heavy atom. The van der Waals surface area contributed by atoms with Crippen LogP contribution in [-0.4, -0.2) is 66.0 Å². The van der Waals surface area contributed by atoms with Crippen molar-refractivity contribution in [1.82, 2.24) is 19.8 Å². The lowest BCUT2D eigenvalue weighted by atomic mass is 10.2. The molecule has 1 atom stereocenters. The molecule has 2 heterocycles. The van der Waals surface area contributed by atoms with Gasteiger partial charge in [-0.1, -0.05) is 0 Å². The summed E-state index contributed by atoms with van der Waals surface area (Å²) in [6.07, 6.45) is 1.57. The number of ether oxygens (including phenoxy) is 1. The molecule has 0 saturated carbocycles. The van der Waals surface area contributed by atoms with E-state index in [1.807, 2.05) is 36.9 Å². The molecule has 1 aromatic heterocycles. The Labute approximate surface area is 113 Å². The van der Waals surface area contributed by atoms with E-state index < -0.39 is 0 Å². The standard InChI is InChI=1S/C13H20N4O2/c1-10-14-5-4-11(15-10)12-8-17(6-7-19-12)13(18)9-16(2)3/h4-5,12H,6-9H2,1-3H3/t12-/m1/s1. The van der Waals surface area contributed by atoms with Gasteiger partial charge in [-0.05, 0) is 27.1 Å². The van der Waals surface area contributed by atoms with Crippen LogP contribution in [0.3, 0.4) is 0 Å². The lowest BCUT2D eigenvalue weighted by Gasteiger charge is -2.33. The minimum Gasteiger partial charge on any atom is -0.368 e. The molecule has 2 rings (SSSR count). The zero-order valence-electron chi connectivity index (χ0n) is 11.7. The van der Waals surface area contributed by atoms with Crippen LogP contribution in [0.2, 0.25) is 0 Å². The first-order valence-electron chi connectivity index (χ1n) is 6.40. The molecule has 1 aromatic rings. The molecular weight excluding hydrogens is 244 g/mol. The number of aromatic nitrogens is 2. The predicted octanol–water partition coefficient (Wildman–Crippen LogP) is 0.247. The lowest BCUT2D eigenvalue weighted by Crippen LogP contribution is -2.45. The van der Waals surface area contributed by atoms with Gasteiger partial charge in [0, 0.05) is 12.7 Å². The van der Waals surface area contributed by atoms with Gasteiger partial charge in [-0.3, -0.25) is 4.79 Å². The second kappa shape index (κ2) is 6.08. The topological polar surface area (TPSA) is 58.6 Å². The molecule has 1 aliphatic rings. The van der Waals surface area contributed by atoms with Crippen LogP contribution in [0.1, 0.15) is 17.6 Å². The monoisotopic (exact) mass is 264 g/mol. The largest absolute Gasteiger partial charge is 0.368 e. The average molecular weight is 264 g/mol. The Hall–Kier alpha value is -1.53. The number of amides is 1. The quantitative estimate of drug-likeness (QED) is 0.783. The van der Waals surface area contributed by atoms with Gasteiger partial charge in [0.1, 0.15) is 11.9 Å². The molecule has 0 bridgehead atoms. The molecular formula is C13H20N4O2. The average Bonchev–Trinajstić information content (AvgIpc) is 2.38. The first kappa shape index (κ1) is 13.9. The number of rotatable bonds is 3. The van der Waals surface area contributed by atoms with Gasteiger partial charge in [-0.15, -0.1) is 0 Å². The van der Waals surface area contributed by atoms with Crippen molar-refractivity contribution in [3.63, 3.8) is 0 Å². The van der Waals surface area contributed by atoms with Gasteiger partial charge < -0.3 is 14.5 Å². The van der Waals surface area contributed by atoms with Gasteiger partial charge in [-0.2, -0.15) is 0 Å². The Morgan fingerprint density at radius 2 is 2.37 bits per heavy atom. The van der Waals surface area contributed by atoms with Crippen molar-refractivity contribution in [3.05, 3.63) is 23.8 Å². The Bertz CT molecular complexity index is 450. The summed E-state index contributed by atoms with van der Waals surface area (Å²) in [5.74, 6) is 0.849. The highest BCUT2D eigenvalue weighted by molar-refractivity contribution is 5.78. The number of morpholine rings is 1. The summed E-state index contributed by atoms with van der Waals surface area (Å²) in [6.45, 7) is 4.03. The van der Waals surface area contributed by atoms with Crippen LogP contribution >= 0.6 is 0 Å². The van der Waals surface area contributed by atoms with Gasteiger partial charge in [0.25, 0.3) is 0 Å². The number of carbonyl (C=O) groups is 1. The third-order valence-electron chi connectivity index (χ3n) is 3.00. The predicted molar refractivity (Wildman–Crippen MR) is 70.6 cm³/mol. The number of hydrogen-bond donors (Lipinski definition) is 0.